The molecule has 2 aromatic carbocycles. The highest BCUT2D eigenvalue weighted by molar-refractivity contribution is 6.03. The lowest BCUT2D eigenvalue weighted by atomic mass is 9.98. The highest BCUT2D eigenvalue weighted by Crippen LogP contribution is 2.26. The van der Waals surface area contributed by atoms with Gasteiger partial charge in [0.2, 0.25) is 11.8 Å². The third-order valence-electron chi connectivity index (χ3n) is 4.15. The van der Waals surface area contributed by atoms with Crippen molar-refractivity contribution in [2.45, 2.75) is 19.4 Å². The van der Waals surface area contributed by atoms with Crippen LogP contribution in [0, 0.1) is 16.0 Å². The average Bonchev–Trinajstić information content (AvgIpc) is 2.84. The molecule has 3 rings (SSSR count). The van der Waals surface area contributed by atoms with Gasteiger partial charge in [0.25, 0.3) is 5.69 Å². The minimum Gasteiger partial charge on any atom is -0.278 e. The van der Waals surface area contributed by atoms with Gasteiger partial charge in [-0.05, 0) is 17.5 Å². The minimum absolute atomic E-state index is 0.0123. The maximum absolute atomic E-state index is 12.5. The van der Waals surface area contributed by atoms with E-state index < -0.39 is 10.8 Å². The van der Waals surface area contributed by atoms with Crippen molar-refractivity contribution in [3.05, 3.63) is 75.8 Å². The van der Waals surface area contributed by atoms with Crippen LogP contribution >= 0.6 is 0 Å². The predicted octanol–water partition coefficient (Wildman–Crippen LogP) is 2.71. The molecule has 1 unspecified atom stereocenters. The summed E-state index contributed by atoms with van der Waals surface area (Å²) in [5.41, 5.74) is 1.74. The summed E-state index contributed by atoms with van der Waals surface area (Å²) >= 11 is 0. The Hall–Kier alpha value is -3.02. The van der Waals surface area contributed by atoms with Gasteiger partial charge >= 0.3 is 0 Å². The Labute approximate surface area is 138 Å². The smallest absolute Gasteiger partial charge is 0.269 e. The van der Waals surface area contributed by atoms with Crippen LogP contribution in [0.5, 0.6) is 0 Å². The molecule has 1 heterocycles. The minimum atomic E-state index is -0.463. The first kappa shape index (κ1) is 15.9. The molecule has 6 heteroatoms. The molecule has 1 aliphatic heterocycles. The number of benzene rings is 2. The molecular formula is C18H16N2O4. The number of imide groups is 1. The third kappa shape index (κ3) is 3.32. The molecule has 24 heavy (non-hydrogen) atoms. The summed E-state index contributed by atoms with van der Waals surface area (Å²) in [6, 6.07) is 15.5. The molecule has 2 amide bonds. The second-order valence-corrected chi connectivity index (χ2v) is 5.83. The van der Waals surface area contributed by atoms with E-state index in [2.05, 4.69) is 0 Å². The maximum Gasteiger partial charge on any atom is 0.269 e. The Kier molecular flexibility index (Phi) is 4.37. The molecule has 1 saturated heterocycles. The zero-order valence-corrected chi connectivity index (χ0v) is 12.9. The number of non-ortho nitro benzene ring substituents is 1. The fourth-order valence-electron chi connectivity index (χ4n) is 2.88. The van der Waals surface area contributed by atoms with E-state index in [0.29, 0.717) is 6.42 Å². The molecule has 0 aliphatic carbocycles. The van der Waals surface area contributed by atoms with E-state index in [1.165, 1.54) is 17.0 Å². The molecule has 0 aromatic heterocycles. The summed E-state index contributed by atoms with van der Waals surface area (Å²) in [6.45, 7) is 0.287. The summed E-state index contributed by atoms with van der Waals surface area (Å²) in [5.74, 6) is -0.749. The summed E-state index contributed by atoms with van der Waals surface area (Å²) in [7, 11) is 0. The van der Waals surface area contributed by atoms with Gasteiger partial charge < -0.3 is 0 Å². The first-order valence-electron chi connectivity index (χ1n) is 7.66. The van der Waals surface area contributed by atoms with Gasteiger partial charge in [-0.1, -0.05) is 42.5 Å². The molecule has 2 aromatic rings. The standard InChI is InChI=1S/C18H16N2O4/c21-17-11-15(10-13-6-8-16(9-7-13)20(23)24)18(22)19(17)12-14-4-2-1-3-5-14/h1-9,15H,10-12H2. The Morgan fingerprint density at radius 1 is 1.00 bits per heavy atom. The number of hydrogen-bond donors (Lipinski definition) is 0. The van der Waals surface area contributed by atoms with E-state index in [4.69, 9.17) is 0 Å². The van der Waals surface area contributed by atoms with Crippen LogP contribution in [0.15, 0.2) is 54.6 Å². The van der Waals surface area contributed by atoms with Gasteiger partial charge in [0.15, 0.2) is 0 Å². The monoisotopic (exact) mass is 324 g/mol. The van der Waals surface area contributed by atoms with E-state index in [0.717, 1.165) is 11.1 Å². The second kappa shape index (κ2) is 6.62. The van der Waals surface area contributed by atoms with Crippen molar-refractivity contribution in [3.63, 3.8) is 0 Å². The lowest BCUT2D eigenvalue weighted by Gasteiger charge is -2.15. The molecule has 0 saturated carbocycles. The van der Waals surface area contributed by atoms with Crippen molar-refractivity contribution >= 4 is 17.5 Å². The fourth-order valence-corrected chi connectivity index (χ4v) is 2.88. The van der Waals surface area contributed by atoms with Crippen molar-refractivity contribution in [1.29, 1.82) is 0 Å². The van der Waals surface area contributed by atoms with Gasteiger partial charge in [0, 0.05) is 18.6 Å². The number of carbonyl (C=O) groups excluding carboxylic acids is 2. The lowest BCUT2D eigenvalue weighted by molar-refractivity contribution is -0.384. The molecule has 0 radical (unpaired) electrons. The normalized spacial score (nSPS) is 17.3. The van der Waals surface area contributed by atoms with Crippen LogP contribution in [0.4, 0.5) is 5.69 Å². The van der Waals surface area contributed by atoms with Crippen LogP contribution < -0.4 is 0 Å². The molecule has 6 nitrogen and oxygen atoms in total. The summed E-state index contributed by atoms with van der Waals surface area (Å²) in [5, 5.41) is 10.7. The van der Waals surface area contributed by atoms with Crippen LogP contribution in [0.25, 0.3) is 0 Å². The fraction of sp³-hybridized carbons (Fsp3) is 0.222. The van der Waals surface area contributed by atoms with Gasteiger partial charge in [0.05, 0.1) is 17.4 Å². The zero-order chi connectivity index (χ0) is 17.1. The molecule has 1 fully saturated rings. The van der Waals surface area contributed by atoms with Crippen LogP contribution in [0.2, 0.25) is 0 Å². The van der Waals surface area contributed by atoms with Gasteiger partial charge in [0.1, 0.15) is 0 Å². The number of likely N-dealkylation sites (tertiary alicyclic amines) is 1. The van der Waals surface area contributed by atoms with Crippen molar-refractivity contribution in [2.24, 2.45) is 5.92 Å². The van der Waals surface area contributed by atoms with Crippen LogP contribution in [-0.4, -0.2) is 21.6 Å². The molecule has 1 aliphatic rings. The van der Waals surface area contributed by atoms with E-state index in [1.807, 2.05) is 30.3 Å². The van der Waals surface area contributed by atoms with E-state index in [9.17, 15) is 19.7 Å². The van der Waals surface area contributed by atoms with E-state index in [1.54, 1.807) is 12.1 Å². The largest absolute Gasteiger partial charge is 0.278 e. The summed E-state index contributed by atoms with van der Waals surface area (Å²) in [4.78, 5) is 36.1. The Morgan fingerprint density at radius 3 is 2.29 bits per heavy atom. The topological polar surface area (TPSA) is 80.5 Å². The lowest BCUT2D eigenvalue weighted by Crippen LogP contribution is -2.30. The quantitative estimate of drug-likeness (QED) is 0.481. The van der Waals surface area contributed by atoms with Gasteiger partial charge in [-0.25, -0.2) is 0 Å². The SMILES string of the molecule is O=C1CC(Cc2ccc([N+](=O)[O-])cc2)C(=O)N1Cc1ccccc1. The van der Waals surface area contributed by atoms with Gasteiger partial charge in [-0.3, -0.25) is 24.6 Å². The predicted molar refractivity (Wildman–Crippen MR) is 86.9 cm³/mol. The molecule has 122 valence electrons. The van der Waals surface area contributed by atoms with Crippen molar-refractivity contribution in [3.8, 4) is 0 Å². The van der Waals surface area contributed by atoms with Crippen LogP contribution in [0.3, 0.4) is 0 Å². The van der Waals surface area contributed by atoms with Crippen LogP contribution in [0.1, 0.15) is 17.5 Å². The number of rotatable bonds is 5. The molecule has 0 spiro atoms. The maximum atomic E-state index is 12.5. The third-order valence-corrected chi connectivity index (χ3v) is 4.15. The first-order valence-corrected chi connectivity index (χ1v) is 7.66. The molecule has 0 N–H and O–H groups in total. The Bertz CT molecular complexity index is 771. The van der Waals surface area contributed by atoms with Crippen molar-refractivity contribution in [1.82, 2.24) is 4.90 Å². The number of carbonyl (C=O) groups is 2. The molecular weight excluding hydrogens is 308 g/mol. The van der Waals surface area contributed by atoms with Gasteiger partial charge in [-0.2, -0.15) is 0 Å². The van der Waals surface area contributed by atoms with E-state index in [-0.39, 0.29) is 30.5 Å². The first-order chi connectivity index (χ1) is 11.5. The number of nitro benzene ring substituents is 1. The van der Waals surface area contributed by atoms with Crippen LogP contribution in [-0.2, 0) is 22.6 Å². The summed E-state index contributed by atoms with van der Waals surface area (Å²) in [6.07, 6.45) is 0.594. The number of amides is 2. The van der Waals surface area contributed by atoms with Gasteiger partial charge in [-0.15, -0.1) is 0 Å². The highest BCUT2D eigenvalue weighted by Gasteiger charge is 2.38. The Morgan fingerprint density at radius 2 is 1.67 bits per heavy atom. The average molecular weight is 324 g/mol. The number of nitrogens with zero attached hydrogens (tertiary/aromatic N) is 2. The zero-order valence-electron chi connectivity index (χ0n) is 12.9. The molecule has 0 bridgehead atoms. The van der Waals surface area contributed by atoms with Crippen molar-refractivity contribution in [2.75, 3.05) is 0 Å². The van der Waals surface area contributed by atoms with Crippen molar-refractivity contribution < 1.29 is 14.5 Å². The number of nitro groups is 1. The number of hydrogen-bond acceptors (Lipinski definition) is 4. The Balaban J connectivity index is 1.68. The molecule has 1 atom stereocenters. The second-order valence-electron chi connectivity index (χ2n) is 5.83. The highest BCUT2D eigenvalue weighted by atomic mass is 16.6. The van der Waals surface area contributed by atoms with E-state index >= 15 is 0 Å². The summed E-state index contributed by atoms with van der Waals surface area (Å²) < 4.78 is 0.